The summed E-state index contributed by atoms with van der Waals surface area (Å²) in [4.78, 5) is 21.3. The number of carbonyl (C=O) groups is 1. The molecule has 5 nitrogen and oxygen atoms in total. The van der Waals surface area contributed by atoms with Gasteiger partial charge in [-0.2, -0.15) is 0 Å². The van der Waals surface area contributed by atoms with Gasteiger partial charge in [0.05, 0.1) is 0 Å². The van der Waals surface area contributed by atoms with Gasteiger partial charge in [-0.05, 0) is 42.2 Å². The number of phenolic OH excluding ortho intramolecular Hbond substituents is 1. The predicted octanol–water partition coefficient (Wildman–Crippen LogP) is 2.24. The van der Waals surface area contributed by atoms with Crippen molar-refractivity contribution in [1.82, 2.24) is 9.88 Å². The Morgan fingerprint density at radius 3 is 2.46 bits per heavy atom. The van der Waals surface area contributed by atoms with Gasteiger partial charge in [0.25, 0.3) is 0 Å². The van der Waals surface area contributed by atoms with Crippen LogP contribution >= 0.6 is 0 Å². The fourth-order valence-electron chi connectivity index (χ4n) is 3.49. The average molecular weight is 323 g/mol. The maximum Gasteiger partial charge on any atom is 0.226 e. The van der Waals surface area contributed by atoms with Gasteiger partial charge < -0.3 is 14.9 Å². The lowest BCUT2D eigenvalue weighted by Gasteiger charge is -2.35. The zero-order chi connectivity index (χ0) is 16.5. The van der Waals surface area contributed by atoms with Crippen molar-refractivity contribution in [3.05, 3.63) is 54.2 Å². The highest BCUT2D eigenvalue weighted by molar-refractivity contribution is 5.83. The number of hydrogen-bond acceptors (Lipinski definition) is 4. The number of pyridine rings is 1. The summed E-state index contributed by atoms with van der Waals surface area (Å²) >= 11 is 0. The lowest BCUT2D eigenvalue weighted by Crippen LogP contribution is -2.49. The Hall–Kier alpha value is -2.56. The maximum absolute atomic E-state index is 12.7. The Morgan fingerprint density at radius 1 is 1.04 bits per heavy atom. The summed E-state index contributed by atoms with van der Waals surface area (Å²) in [5.74, 6) is 1.95. The third kappa shape index (κ3) is 2.94. The number of anilines is 1. The molecule has 1 aliphatic carbocycles. The first-order chi connectivity index (χ1) is 11.7. The molecule has 2 fully saturated rings. The van der Waals surface area contributed by atoms with Crippen molar-refractivity contribution in [3.8, 4) is 5.75 Å². The predicted molar refractivity (Wildman–Crippen MR) is 92.0 cm³/mol. The molecule has 1 N–H and O–H groups in total. The quantitative estimate of drug-likeness (QED) is 0.941. The standard InChI is InChI=1S/C19H21N3O2/c23-15-6-4-14(5-7-15)16-13-17(16)19(24)22-11-9-21(10-12-22)18-3-1-2-8-20-18/h1-8,16-17,23H,9-13H2. The molecular weight excluding hydrogens is 302 g/mol. The van der Waals surface area contributed by atoms with Gasteiger partial charge in [-0.15, -0.1) is 0 Å². The zero-order valence-electron chi connectivity index (χ0n) is 13.5. The molecule has 2 aliphatic rings. The van der Waals surface area contributed by atoms with Crippen molar-refractivity contribution >= 4 is 11.7 Å². The first-order valence-corrected chi connectivity index (χ1v) is 8.46. The second kappa shape index (κ2) is 6.15. The number of phenols is 1. The van der Waals surface area contributed by atoms with Crippen LogP contribution in [0.3, 0.4) is 0 Å². The van der Waals surface area contributed by atoms with Crippen molar-refractivity contribution < 1.29 is 9.90 Å². The van der Waals surface area contributed by atoms with Crippen LogP contribution in [0.1, 0.15) is 17.9 Å². The normalized spacial score (nSPS) is 23.2. The van der Waals surface area contributed by atoms with E-state index >= 15 is 0 Å². The Kier molecular flexibility index (Phi) is 3.84. The van der Waals surface area contributed by atoms with Crippen molar-refractivity contribution in [3.63, 3.8) is 0 Å². The number of aromatic nitrogens is 1. The molecule has 1 saturated heterocycles. The molecule has 1 aromatic heterocycles. The topological polar surface area (TPSA) is 56.7 Å². The highest BCUT2D eigenvalue weighted by atomic mass is 16.3. The van der Waals surface area contributed by atoms with E-state index in [0.717, 1.165) is 44.0 Å². The largest absolute Gasteiger partial charge is 0.508 e. The molecule has 1 amide bonds. The molecule has 0 radical (unpaired) electrons. The first kappa shape index (κ1) is 15.0. The van der Waals surface area contributed by atoms with Crippen LogP contribution < -0.4 is 4.90 Å². The second-order valence-corrected chi connectivity index (χ2v) is 6.54. The third-order valence-electron chi connectivity index (χ3n) is 4.99. The van der Waals surface area contributed by atoms with Gasteiger partial charge in [-0.25, -0.2) is 4.98 Å². The van der Waals surface area contributed by atoms with Gasteiger partial charge in [0.1, 0.15) is 11.6 Å². The highest BCUT2D eigenvalue weighted by Crippen LogP contribution is 2.48. The molecule has 4 rings (SSSR count). The Balaban J connectivity index is 1.33. The van der Waals surface area contributed by atoms with E-state index in [1.807, 2.05) is 35.2 Å². The summed E-state index contributed by atoms with van der Waals surface area (Å²) in [6.07, 6.45) is 2.73. The number of amides is 1. The molecule has 2 atom stereocenters. The van der Waals surface area contributed by atoms with Gasteiger partial charge >= 0.3 is 0 Å². The molecule has 1 aliphatic heterocycles. The van der Waals surface area contributed by atoms with Crippen LogP contribution in [0.2, 0.25) is 0 Å². The number of benzene rings is 1. The van der Waals surface area contributed by atoms with Crippen LogP contribution in [-0.2, 0) is 4.79 Å². The summed E-state index contributed by atoms with van der Waals surface area (Å²) in [5, 5.41) is 9.37. The zero-order valence-corrected chi connectivity index (χ0v) is 13.5. The number of piperazine rings is 1. The molecule has 0 spiro atoms. The summed E-state index contributed by atoms with van der Waals surface area (Å²) in [5.41, 5.74) is 1.15. The van der Waals surface area contributed by atoms with E-state index in [2.05, 4.69) is 9.88 Å². The minimum absolute atomic E-state index is 0.107. The van der Waals surface area contributed by atoms with Crippen molar-refractivity contribution in [2.45, 2.75) is 12.3 Å². The van der Waals surface area contributed by atoms with Gasteiger partial charge in [0, 0.05) is 38.3 Å². The van der Waals surface area contributed by atoms with E-state index in [-0.39, 0.29) is 17.6 Å². The third-order valence-corrected chi connectivity index (χ3v) is 4.99. The minimum Gasteiger partial charge on any atom is -0.508 e. The molecule has 24 heavy (non-hydrogen) atoms. The molecule has 1 aromatic carbocycles. The first-order valence-electron chi connectivity index (χ1n) is 8.46. The average Bonchev–Trinajstić information content (AvgIpc) is 3.43. The van der Waals surface area contributed by atoms with Gasteiger partial charge in [-0.1, -0.05) is 18.2 Å². The number of rotatable bonds is 3. The molecule has 124 valence electrons. The molecule has 5 heteroatoms. The lowest BCUT2D eigenvalue weighted by molar-refractivity contribution is -0.133. The SMILES string of the molecule is O=C(C1CC1c1ccc(O)cc1)N1CCN(c2ccccn2)CC1. The molecular formula is C19H21N3O2. The van der Waals surface area contributed by atoms with Crippen molar-refractivity contribution in [2.24, 2.45) is 5.92 Å². The molecule has 2 aromatic rings. The Morgan fingerprint density at radius 2 is 1.79 bits per heavy atom. The van der Waals surface area contributed by atoms with Crippen LogP contribution in [0.4, 0.5) is 5.82 Å². The van der Waals surface area contributed by atoms with Gasteiger partial charge in [0.15, 0.2) is 0 Å². The minimum atomic E-state index is 0.107. The molecule has 0 bridgehead atoms. The molecule has 2 unspecified atom stereocenters. The smallest absolute Gasteiger partial charge is 0.226 e. The van der Waals surface area contributed by atoms with Crippen LogP contribution in [0.25, 0.3) is 0 Å². The van der Waals surface area contributed by atoms with E-state index < -0.39 is 0 Å². The summed E-state index contributed by atoms with van der Waals surface area (Å²) in [6.45, 7) is 3.18. The van der Waals surface area contributed by atoms with E-state index in [4.69, 9.17) is 0 Å². The Labute approximate surface area is 141 Å². The summed E-state index contributed by atoms with van der Waals surface area (Å²) in [7, 11) is 0. The molecule has 1 saturated carbocycles. The van der Waals surface area contributed by atoms with E-state index in [9.17, 15) is 9.90 Å². The van der Waals surface area contributed by atoms with Crippen LogP contribution in [0.5, 0.6) is 5.75 Å². The maximum atomic E-state index is 12.7. The number of carbonyl (C=O) groups excluding carboxylic acids is 1. The lowest BCUT2D eigenvalue weighted by atomic mass is 10.1. The van der Waals surface area contributed by atoms with E-state index in [0.29, 0.717) is 5.92 Å². The summed E-state index contributed by atoms with van der Waals surface area (Å²) < 4.78 is 0. The number of hydrogen-bond donors (Lipinski definition) is 1. The second-order valence-electron chi connectivity index (χ2n) is 6.54. The van der Waals surface area contributed by atoms with E-state index in [1.54, 1.807) is 18.3 Å². The van der Waals surface area contributed by atoms with Crippen LogP contribution in [0, 0.1) is 5.92 Å². The fourth-order valence-corrected chi connectivity index (χ4v) is 3.49. The van der Waals surface area contributed by atoms with Crippen molar-refractivity contribution in [2.75, 3.05) is 31.1 Å². The summed E-state index contributed by atoms with van der Waals surface area (Å²) in [6, 6.07) is 13.2. The monoisotopic (exact) mass is 323 g/mol. The fraction of sp³-hybridized carbons (Fsp3) is 0.368. The van der Waals surface area contributed by atoms with Gasteiger partial charge in [0.2, 0.25) is 5.91 Å². The molecule has 2 heterocycles. The van der Waals surface area contributed by atoms with Crippen LogP contribution in [-0.4, -0.2) is 47.1 Å². The van der Waals surface area contributed by atoms with Gasteiger partial charge in [-0.3, -0.25) is 4.79 Å². The van der Waals surface area contributed by atoms with E-state index in [1.165, 1.54) is 0 Å². The van der Waals surface area contributed by atoms with Crippen LogP contribution in [0.15, 0.2) is 48.7 Å². The number of aromatic hydroxyl groups is 1. The highest BCUT2D eigenvalue weighted by Gasteiger charge is 2.46. The number of nitrogens with zero attached hydrogens (tertiary/aromatic N) is 3. The van der Waals surface area contributed by atoms with Crippen molar-refractivity contribution in [1.29, 1.82) is 0 Å². The Bertz CT molecular complexity index is 709.